The summed E-state index contributed by atoms with van der Waals surface area (Å²) in [4.78, 5) is 42.9. The van der Waals surface area contributed by atoms with Crippen LogP contribution in [-0.4, -0.2) is 75.6 Å². The van der Waals surface area contributed by atoms with Gasteiger partial charge in [0.05, 0.1) is 22.8 Å². The summed E-state index contributed by atoms with van der Waals surface area (Å²) in [5.74, 6) is 0.167. The Balaban J connectivity index is -0.000000348. The Hall–Kier alpha value is -5.89. The summed E-state index contributed by atoms with van der Waals surface area (Å²) >= 11 is 0. The second kappa shape index (κ2) is 33.6. The zero-order valence-electron chi connectivity index (χ0n) is 41.2. The minimum absolute atomic E-state index is 0. The van der Waals surface area contributed by atoms with Crippen molar-refractivity contribution in [1.29, 1.82) is 0 Å². The van der Waals surface area contributed by atoms with Crippen LogP contribution in [0.1, 0.15) is 142 Å². The average molecular weight is 915 g/mol. The second-order valence-electron chi connectivity index (χ2n) is 15.3. The van der Waals surface area contributed by atoms with E-state index in [0.29, 0.717) is 0 Å². The number of aryl methyl sites for hydroxylation is 12. The average Bonchev–Trinajstić information content (AvgIpc) is 3.89. The molecule has 0 radical (unpaired) electrons. The molecule has 0 spiro atoms. The Kier molecular flexibility index (Phi) is 33.9. The number of unbranched alkanes of at least 4 members (excludes halogenated alkanes) is 1. The minimum Gasteiger partial charge on any atom is -0.397 e. The maximum Gasteiger partial charge on any atom is 0.143 e. The van der Waals surface area contributed by atoms with Crippen LogP contribution in [0.25, 0.3) is 44.1 Å². The molecule has 0 atom stereocenters. The Bertz CT molecular complexity index is 2230. The van der Waals surface area contributed by atoms with E-state index in [-0.39, 0.29) is 42.1 Å². The molecule has 0 unspecified atom stereocenters. The first-order chi connectivity index (χ1) is 29.3. The lowest BCUT2D eigenvalue weighted by molar-refractivity contribution is -0.115. The third-order valence-corrected chi connectivity index (χ3v) is 9.03. The van der Waals surface area contributed by atoms with Crippen molar-refractivity contribution in [2.45, 2.75) is 153 Å². The molecule has 0 saturated carbocycles. The Morgan fingerprint density at radius 1 is 0.424 bits per heavy atom. The highest BCUT2D eigenvalue weighted by atomic mass is 16.2. The fourth-order valence-electron chi connectivity index (χ4n) is 6.43. The molecule has 8 aromatic heterocycles. The summed E-state index contributed by atoms with van der Waals surface area (Å²) in [7, 11) is 8.01. The van der Waals surface area contributed by atoms with E-state index in [4.69, 9.17) is 5.11 Å². The van der Waals surface area contributed by atoms with Crippen molar-refractivity contribution < 1.29 is 9.90 Å². The number of aliphatic hydroxyl groups is 1. The van der Waals surface area contributed by atoms with E-state index in [2.05, 4.69) is 120 Å². The van der Waals surface area contributed by atoms with Crippen molar-refractivity contribution in [1.82, 2.24) is 58.1 Å². The number of Topliss-reactive ketones (excluding diaryl/α,β-unsaturated/α-hetero) is 1. The minimum atomic E-state index is 0. The van der Waals surface area contributed by atoms with Crippen LogP contribution in [0.4, 0.5) is 0 Å². The van der Waals surface area contributed by atoms with Crippen molar-refractivity contribution in [3.8, 4) is 0 Å². The molecule has 8 rings (SSSR count). The van der Waals surface area contributed by atoms with Gasteiger partial charge in [0.2, 0.25) is 0 Å². The lowest BCUT2D eigenvalue weighted by Crippen LogP contribution is -1.90. The molecule has 0 aliphatic rings. The number of hydrogen-bond acceptors (Lipinski definition) is 10. The zero-order chi connectivity index (χ0) is 47.3. The van der Waals surface area contributed by atoms with E-state index >= 15 is 0 Å². The first-order valence-corrected chi connectivity index (χ1v) is 21.3. The molecule has 0 aliphatic carbocycles. The summed E-state index contributed by atoms with van der Waals surface area (Å²) in [6.45, 7) is 30.0. The summed E-state index contributed by atoms with van der Waals surface area (Å²) in [5.41, 5.74) is 13.2. The van der Waals surface area contributed by atoms with Crippen molar-refractivity contribution in [2.24, 2.45) is 28.2 Å². The molecule has 8 heterocycles. The number of rotatable bonds is 1. The molecular formula is C52H90N12O2. The Morgan fingerprint density at radius 2 is 0.576 bits per heavy atom. The molecule has 0 aromatic carbocycles. The van der Waals surface area contributed by atoms with Gasteiger partial charge in [-0.2, -0.15) is 0 Å². The number of carbonyl (C=O) groups excluding carboxylic acids is 1. The van der Waals surface area contributed by atoms with E-state index in [0.717, 1.165) is 45.4 Å². The van der Waals surface area contributed by atoms with Crippen molar-refractivity contribution in [3.63, 3.8) is 0 Å². The number of carbonyl (C=O) groups is 1. The SMILES string of the molecule is C.C.C.C.CC(C)=O.CCC.CCCC.CCO.Cc1cn(C)c2ncnc(C)c12.Cc1cn(C)c2ncnc(C)c12.Cc1cn(C)c2ncnc(C)c12.Cc1cn(C)c2ncnc(C)c12. The maximum absolute atomic E-state index is 9.44. The fraction of sp³-hybridized carbons (Fsp3) is 0.519. The maximum atomic E-state index is 9.44. The molecule has 8 aromatic rings. The van der Waals surface area contributed by atoms with Gasteiger partial charge in [-0.15, -0.1) is 0 Å². The second-order valence-corrected chi connectivity index (χ2v) is 15.3. The molecule has 0 bridgehead atoms. The molecule has 0 fully saturated rings. The van der Waals surface area contributed by atoms with Crippen molar-refractivity contribution in [2.75, 3.05) is 6.61 Å². The van der Waals surface area contributed by atoms with Crippen LogP contribution < -0.4 is 0 Å². The molecule has 1 N–H and O–H groups in total. The van der Waals surface area contributed by atoms with Gasteiger partial charge in [-0.25, -0.2) is 39.9 Å². The molecule has 14 nitrogen and oxygen atoms in total. The Morgan fingerprint density at radius 3 is 0.697 bits per heavy atom. The predicted molar refractivity (Wildman–Crippen MR) is 285 cm³/mol. The first kappa shape index (κ1) is 66.7. The number of fused-ring (bicyclic) bond motifs is 4. The molecule has 66 heavy (non-hydrogen) atoms. The monoisotopic (exact) mass is 915 g/mol. The lowest BCUT2D eigenvalue weighted by Gasteiger charge is -1.95. The molecule has 14 heteroatoms. The molecule has 370 valence electrons. The normalized spacial score (nSPS) is 9.33. The predicted octanol–water partition coefficient (Wildman–Crippen LogP) is 12.7. The molecule has 0 saturated heterocycles. The quantitative estimate of drug-likeness (QED) is 0.168. The first-order valence-electron chi connectivity index (χ1n) is 21.3. The van der Waals surface area contributed by atoms with Gasteiger partial charge in [-0.1, -0.05) is 76.7 Å². The van der Waals surface area contributed by atoms with E-state index in [1.165, 1.54) is 76.9 Å². The highest BCUT2D eigenvalue weighted by Crippen LogP contribution is 2.22. The lowest BCUT2D eigenvalue weighted by atomic mass is 10.2. The van der Waals surface area contributed by atoms with E-state index in [1.807, 2.05) is 74.2 Å². The van der Waals surface area contributed by atoms with Gasteiger partial charge in [0.1, 0.15) is 53.7 Å². The number of aliphatic hydroxyl groups excluding tert-OH is 1. The van der Waals surface area contributed by atoms with Crippen LogP contribution in [0.3, 0.4) is 0 Å². The van der Waals surface area contributed by atoms with E-state index < -0.39 is 0 Å². The van der Waals surface area contributed by atoms with Crippen LogP contribution in [0.5, 0.6) is 0 Å². The van der Waals surface area contributed by atoms with Gasteiger partial charge in [0, 0.05) is 81.1 Å². The van der Waals surface area contributed by atoms with Gasteiger partial charge in [0.15, 0.2) is 0 Å². The van der Waals surface area contributed by atoms with Crippen LogP contribution in [0.2, 0.25) is 0 Å². The van der Waals surface area contributed by atoms with Crippen LogP contribution in [0, 0.1) is 55.4 Å². The van der Waals surface area contributed by atoms with Crippen molar-refractivity contribution >= 4 is 49.9 Å². The van der Waals surface area contributed by atoms with Crippen LogP contribution in [-0.2, 0) is 33.0 Å². The highest BCUT2D eigenvalue weighted by molar-refractivity contribution is 5.84. The van der Waals surface area contributed by atoms with Crippen molar-refractivity contribution in [3.05, 3.63) is 95.1 Å². The van der Waals surface area contributed by atoms with Gasteiger partial charge in [0.25, 0.3) is 0 Å². The van der Waals surface area contributed by atoms with Crippen LogP contribution in [0.15, 0.2) is 50.1 Å². The summed E-state index contributed by atoms with van der Waals surface area (Å²) < 4.78 is 8.11. The number of nitrogens with zero attached hydrogens (tertiary/aromatic N) is 12. The van der Waals surface area contributed by atoms with Gasteiger partial charge < -0.3 is 28.2 Å². The third-order valence-electron chi connectivity index (χ3n) is 9.03. The number of aromatic nitrogens is 12. The van der Waals surface area contributed by atoms with E-state index in [9.17, 15) is 4.79 Å². The van der Waals surface area contributed by atoms with E-state index in [1.54, 1.807) is 32.2 Å². The highest BCUT2D eigenvalue weighted by Gasteiger charge is 2.09. The number of hydrogen-bond donors (Lipinski definition) is 1. The zero-order valence-corrected chi connectivity index (χ0v) is 41.2. The Labute approximate surface area is 399 Å². The largest absolute Gasteiger partial charge is 0.397 e. The molecular weight excluding hydrogens is 825 g/mol. The molecule has 0 aliphatic heterocycles. The van der Waals surface area contributed by atoms with Gasteiger partial charge in [-0.3, -0.25) is 0 Å². The summed E-state index contributed by atoms with van der Waals surface area (Å²) in [5, 5.41) is 12.3. The third kappa shape index (κ3) is 19.3. The van der Waals surface area contributed by atoms with Crippen LogP contribution >= 0.6 is 0 Å². The summed E-state index contributed by atoms with van der Waals surface area (Å²) in [6.07, 6.45) is 18.6. The smallest absolute Gasteiger partial charge is 0.143 e. The summed E-state index contributed by atoms with van der Waals surface area (Å²) in [6, 6.07) is 0. The number of ketones is 1. The van der Waals surface area contributed by atoms with Gasteiger partial charge >= 0.3 is 0 Å². The fourth-order valence-corrected chi connectivity index (χ4v) is 6.43. The van der Waals surface area contributed by atoms with Gasteiger partial charge in [-0.05, 0) is 98.4 Å². The molecule has 0 amide bonds. The standard InChI is InChI=1S/4C9H11N3.C4H10.C3H6O.C3H8.C2H6O.4CH4/c4*1-6-4-12(3)9-8(6)7(2)10-5-11-9;1-3-4-2;1-3(2)4;1-3-2;1-2-3;;;;/h4*4-5H,1-3H3;3-4H2,1-2H3;1-2H3;3H2,1-2H3;3H,2H2,1H3;4*1H4. The topological polar surface area (TPSA) is 160 Å².